The fourth-order valence-electron chi connectivity index (χ4n) is 4.28. The number of aromatic nitrogens is 3. The average molecular weight is 434 g/mol. The molecule has 1 aliphatic heterocycles. The Balaban J connectivity index is 1.23. The van der Waals surface area contributed by atoms with E-state index in [2.05, 4.69) is 19.9 Å². The first-order chi connectivity index (χ1) is 15.6. The number of hydrogen-bond donors (Lipinski definition) is 2. The molecule has 1 aliphatic carbocycles. The van der Waals surface area contributed by atoms with Gasteiger partial charge in [0.05, 0.1) is 28.6 Å². The zero-order valence-corrected chi connectivity index (χ0v) is 17.4. The Morgan fingerprint density at radius 3 is 2.69 bits per heavy atom. The Kier molecular flexibility index (Phi) is 5.43. The number of halogens is 1. The number of rotatable bonds is 5. The van der Waals surface area contributed by atoms with E-state index in [0.29, 0.717) is 43.4 Å². The Morgan fingerprint density at radius 2 is 2.00 bits per heavy atom. The minimum atomic E-state index is -0.777. The normalized spacial score (nSPS) is 23.2. The number of aromatic amines is 1. The van der Waals surface area contributed by atoms with Gasteiger partial charge in [-0.25, -0.2) is 14.4 Å². The number of ether oxygens (including phenoxy) is 1. The quantitative estimate of drug-likeness (QED) is 0.605. The number of allylic oxidation sites excluding steroid dienone is 1. The van der Waals surface area contributed by atoms with Crippen LogP contribution in [0.5, 0.6) is 5.88 Å². The van der Waals surface area contributed by atoms with Crippen LogP contribution in [0.2, 0.25) is 0 Å². The molecule has 7 nitrogen and oxygen atoms in total. The Bertz CT molecular complexity index is 1180. The van der Waals surface area contributed by atoms with Crippen molar-refractivity contribution in [3.8, 4) is 5.88 Å². The van der Waals surface area contributed by atoms with Gasteiger partial charge in [0.2, 0.25) is 0 Å². The van der Waals surface area contributed by atoms with E-state index in [1.54, 1.807) is 6.20 Å². The van der Waals surface area contributed by atoms with Crippen molar-refractivity contribution < 1.29 is 19.0 Å². The maximum absolute atomic E-state index is 14.6. The van der Waals surface area contributed by atoms with Crippen LogP contribution in [0.4, 0.5) is 4.39 Å². The van der Waals surface area contributed by atoms with Crippen LogP contribution in [0.15, 0.2) is 47.6 Å². The van der Waals surface area contributed by atoms with Gasteiger partial charge in [-0.1, -0.05) is 18.2 Å². The SMILES string of the molecule is O=C(O)C1CCC(Oc2ncc(C3=CCC(c4nc5ccccc5[nH]4)C=N3)cc2F)CC1. The summed E-state index contributed by atoms with van der Waals surface area (Å²) in [7, 11) is 0. The lowest BCUT2D eigenvalue weighted by molar-refractivity contribution is -0.143. The second-order valence-corrected chi connectivity index (χ2v) is 8.29. The molecule has 1 aromatic carbocycles. The largest absolute Gasteiger partial charge is 0.481 e. The summed E-state index contributed by atoms with van der Waals surface area (Å²) >= 11 is 0. The lowest BCUT2D eigenvalue weighted by Crippen LogP contribution is -2.28. The molecule has 0 radical (unpaired) electrons. The van der Waals surface area contributed by atoms with Gasteiger partial charge in [0.1, 0.15) is 11.9 Å². The number of carboxylic acid groups (broad SMARTS) is 1. The first-order valence-electron chi connectivity index (χ1n) is 10.8. The monoisotopic (exact) mass is 434 g/mol. The standard InChI is InChI=1S/C24H23FN4O3/c25-18-11-16(13-27-23(18)32-17-8-5-14(6-9-17)24(30)31)19-10-7-15(12-26-19)22-28-20-3-1-2-4-21(20)29-22/h1-4,10-15,17H,5-9H2,(H,28,29)(H,30,31). The molecule has 164 valence electrons. The smallest absolute Gasteiger partial charge is 0.306 e. The highest BCUT2D eigenvalue weighted by molar-refractivity contribution is 5.82. The van der Waals surface area contributed by atoms with Crippen molar-refractivity contribution in [2.45, 2.75) is 44.1 Å². The van der Waals surface area contributed by atoms with Crippen LogP contribution in [0, 0.1) is 11.7 Å². The molecule has 2 N–H and O–H groups in total. The molecule has 2 aromatic heterocycles. The second-order valence-electron chi connectivity index (χ2n) is 8.29. The maximum Gasteiger partial charge on any atom is 0.306 e. The number of para-hydroxylation sites is 2. The number of hydrogen-bond acceptors (Lipinski definition) is 5. The van der Waals surface area contributed by atoms with Gasteiger partial charge in [0.25, 0.3) is 5.88 Å². The van der Waals surface area contributed by atoms with Crippen LogP contribution in [0.1, 0.15) is 49.4 Å². The number of H-pyrrole nitrogens is 1. The number of pyridine rings is 1. The van der Waals surface area contributed by atoms with Gasteiger partial charge in [0, 0.05) is 18.0 Å². The Morgan fingerprint density at radius 1 is 1.19 bits per heavy atom. The number of nitrogens with one attached hydrogen (secondary N) is 1. The molecule has 3 heterocycles. The summed E-state index contributed by atoms with van der Waals surface area (Å²) in [6.07, 6.45) is 8.07. The zero-order chi connectivity index (χ0) is 22.1. The third-order valence-electron chi connectivity index (χ3n) is 6.12. The summed E-state index contributed by atoms with van der Waals surface area (Å²) in [5, 5.41) is 9.09. The van der Waals surface area contributed by atoms with Crippen molar-refractivity contribution in [3.63, 3.8) is 0 Å². The highest BCUT2D eigenvalue weighted by atomic mass is 19.1. The van der Waals surface area contributed by atoms with E-state index < -0.39 is 11.8 Å². The van der Waals surface area contributed by atoms with Gasteiger partial charge in [-0.2, -0.15) is 0 Å². The molecule has 1 atom stereocenters. The van der Waals surface area contributed by atoms with Crippen LogP contribution in [-0.4, -0.2) is 38.3 Å². The van der Waals surface area contributed by atoms with E-state index in [-0.39, 0.29) is 23.8 Å². The number of aliphatic imine (C=N–C) groups is 1. The molecule has 2 aliphatic rings. The number of carbonyl (C=O) groups is 1. The van der Waals surface area contributed by atoms with Gasteiger partial charge < -0.3 is 14.8 Å². The third-order valence-corrected chi connectivity index (χ3v) is 6.12. The molecule has 32 heavy (non-hydrogen) atoms. The summed E-state index contributed by atoms with van der Waals surface area (Å²) in [4.78, 5) is 27.7. The lowest BCUT2D eigenvalue weighted by atomic mass is 9.87. The molecule has 0 saturated heterocycles. The first-order valence-corrected chi connectivity index (χ1v) is 10.8. The van der Waals surface area contributed by atoms with Crippen molar-refractivity contribution in [2.24, 2.45) is 10.9 Å². The summed E-state index contributed by atoms with van der Waals surface area (Å²) in [6, 6.07) is 9.26. The fraction of sp³-hybridized carbons (Fsp3) is 0.333. The molecular weight excluding hydrogens is 411 g/mol. The van der Waals surface area contributed by atoms with Crippen molar-refractivity contribution in [1.29, 1.82) is 0 Å². The predicted octanol–water partition coefficient (Wildman–Crippen LogP) is 4.72. The van der Waals surface area contributed by atoms with Gasteiger partial charge in [-0.05, 0) is 50.3 Å². The van der Waals surface area contributed by atoms with Crippen molar-refractivity contribution in [2.75, 3.05) is 0 Å². The highest BCUT2D eigenvalue weighted by Crippen LogP contribution is 2.31. The summed E-state index contributed by atoms with van der Waals surface area (Å²) in [5.74, 6) is -0.814. The molecule has 0 bridgehead atoms. The summed E-state index contributed by atoms with van der Waals surface area (Å²) < 4.78 is 20.4. The van der Waals surface area contributed by atoms with Crippen LogP contribution in [0.25, 0.3) is 16.7 Å². The molecular formula is C24H23FN4O3. The van der Waals surface area contributed by atoms with Gasteiger partial charge >= 0.3 is 5.97 Å². The second kappa shape index (κ2) is 8.53. The minimum absolute atomic E-state index is 0.0347. The van der Waals surface area contributed by atoms with E-state index >= 15 is 0 Å². The fourth-order valence-corrected chi connectivity index (χ4v) is 4.28. The minimum Gasteiger partial charge on any atom is -0.481 e. The van der Waals surface area contributed by atoms with E-state index in [0.717, 1.165) is 16.9 Å². The number of fused-ring (bicyclic) bond motifs is 1. The number of nitrogens with zero attached hydrogens (tertiary/aromatic N) is 3. The van der Waals surface area contributed by atoms with Crippen LogP contribution in [0.3, 0.4) is 0 Å². The van der Waals surface area contributed by atoms with Crippen LogP contribution in [-0.2, 0) is 4.79 Å². The number of aliphatic carboxylic acids is 1. The summed E-state index contributed by atoms with van der Waals surface area (Å²) in [5.41, 5.74) is 3.16. The van der Waals surface area contributed by atoms with Gasteiger partial charge in [-0.15, -0.1) is 0 Å². The van der Waals surface area contributed by atoms with Gasteiger partial charge in [-0.3, -0.25) is 9.79 Å². The zero-order valence-electron chi connectivity index (χ0n) is 17.4. The number of carboxylic acids is 1. The van der Waals surface area contributed by atoms with E-state index in [1.165, 1.54) is 6.07 Å². The van der Waals surface area contributed by atoms with Crippen molar-refractivity contribution in [3.05, 3.63) is 59.8 Å². The van der Waals surface area contributed by atoms with Crippen molar-refractivity contribution >= 4 is 28.9 Å². The van der Waals surface area contributed by atoms with E-state index in [1.807, 2.05) is 36.6 Å². The predicted molar refractivity (Wildman–Crippen MR) is 118 cm³/mol. The third kappa shape index (κ3) is 4.12. The molecule has 1 saturated carbocycles. The van der Waals surface area contributed by atoms with Crippen molar-refractivity contribution in [1.82, 2.24) is 15.0 Å². The van der Waals surface area contributed by atoms with Gasteiger partial charge in [0.15, 0.2) is 5.82 Å². The summed E-state index contributed by atoms with van der Waals surface area (Å²) in [6.45, 7) is 0. The topological polar surface area (TPSA) is 100 Å². The highest BCUT2D eigenvalue weighted by Gasteiger charge is 2.28. The Labute approximate surface area is 184 Å². The molecule has 0 amide bonds. The molecule has 0 spiro atoms. The Hall–Kier alpha value is -3.55. The van der Waals surface area contributed by atoms with Crippen LogP contribution < -0.4 is 4.74 Å². The van der Waals surface area contributed by atoms with Crippen LogP contribution >= 0.6 is 0 Å². The molecule has 1 unspecified atom stereocenters. The lowest BCUT2D eigenvalue weighted by Gasteiger charge is -2.26. The molecule has 3 aromatic rings. The average Bonchev–Trinajstić information content (AvgIpc) is 3.25. The molecule has 5 rings (SSSR count). The molecule has 8 heteroatoms. The molecule has 1 fully saturated rings. The first kappa shape index (κ1) is 20.4. The van der Waals surface area contributed by atoms with E-state index in [4.69, 9.17) is 9.84 Å². The maximum atomic E-state index is 14.6. The number of benzene rings is 1. The number of imidazole rings is 1. The van der Waals surface area contributed by atoms with E-state index in [9.17, 15) is 9.18 Å².